The number of nitrogens with two attached hydrogens (primary N) is 1. The molecule has 1 heterocycles. The van der Waals surface area contributed by atoms with Crippen LogP contribution in [0.5, 0.6) is 0 Å². The lowest BCUT2D eigenvalue weighted by Crippen LogP contribution is -2.24. The maximum Gasteiger partial charge on any atom is 0.323 e. The Kier molecular flexibility index (Phi) is 3.01. The van der Waals surface area contributed by atoms with Gasteiger partial charge in [-0.2, -0.15) is 0 Å². The molecule has 0 bridgehead atoms. The van der Waals surface area contributed by atoms with Crippen LogP contribution in [0, 0.1) is 0 Å². The summed E-state index contributed by atoms with van der Waals surface area (Å²) in [4.78, 5) is 10.2. The van der Waals surface area contributed by atoms with E-state index in [1.165, 1.54) is 0 Å². The summed E-state index contributed by atoms with van der Waals surface area (Å²) in [6.45, 7) is 0.500. The zero-order chi connectivity index (χ0) is 5.28. The first-order valence-electron chi connectivity index (χ1n) is 2.23. The lowest BCUT2D eigenvalue weighted by atomic mass is 10.3. The van der Waals surface area contributed by atoms with E-state index in [1.807, 2.05) is 0 Å². The molecule has 0 unspecified atom stereocenters. The third-order valence-electron chi connectivity index (χ3n) is 0.976. The zero-order valence-corrected chi connectivity index (χ0v) is 6.01. The molecule has 8 heavy (non-hydrogen) atoms. The molecule has 0 aromatic carbocycles. The number of rotatable bonds is 0. The summed E-state index contributed by atoms with van der Waals surface area (Å²) >= 11 is 0. The van der Waals surface area contributed by atoms with E-state index in [9.17, 15) is 4.79 Å². The number of hydrogen-bond acceptors (Lipinski definition) is 3. The van der Waals surface area contributed by atoms with Crippen molar-refractivity contribution in [2.45, 2.75) is 12.5 Å². The van der Waals surface area contributed by atoms with Crippen molar-refractivity contribution in [2.75, 3.05) is 6.61 Å². The fraction of sp³-hybridized carbons (Fsp3) is 0.750. The van der Waals surface area contributed by atoms with Crippen LogP contribution in [0.1, 0.15) is 6.42 Å². The van der Waals surface area contributed by atoms with Crippen LogP contribution in [0.4, 0.5) is 0 Å². The Hall–Kier alpha value is -0.0900. The van der Waals surface area contributed by atoms with Crippen molar-refractivity contribution in [1.29, 1.82) is 0 Å². The van der Waals surface area contributed by atoms with Crippen molar-refractivity contribution in [3.8, 4) is 0 Å². The van der Waals surface area contributed by atoms with Gasteiger partial charge >= 0.3 is 5.97 Å². The Morgan fingerprint density at radius 2 is 2.38 bits per heavy atom. The average molecular weight is 182 g/mol. The monoisotopic (exact) mass is 181 g/mol. The van der Waals surface area contributed by atoms with E-state index in [0.717, 1.165) is 0 Å². The Bertz CT molecular complexity index is 96.0. The van der Waals surface area contributed by atoms with Gasteiger partial charge in [0.2, 0.25) is 0 Å². The summed E-state index contributed by atoms with van der Waals surface area (Å²) in [5.41, 5.74) is 5.20. The summed E-state index contributed by atoms with van der Waals surface area (Å²) in [7, 11) is 0. The smallest absolute Gasteiger partial charge is 0.323 e. The third-order valence-corrected chi connectivity index (χ3v) is 0.976. The topological polar surface area (TPSA) is 52.3 Å². The van der Waals surface area contributed by atoms with E-state index in [-0.39, 0.29) is 29.0 Å². The van der Waals surface area contributed by atoms with Gasteiger partial charge in [-0.05, 0) is 0 Å². The van der Waals surface area contributed by atoms with Gasteiger partial charge in [-0.15, -0.1) is 17.0 Å². The highest BCUT2D eigenvalue weighted by Crippen LogP contribution is 2.00. The first kappa shape index (κ1) is 7.91. The molecule has 2 N–H and O–H groups in total. The first-order chi connectivity index (χ1) is 3.30. The van der Waals surface area contributed by atoms with Gasteiger partial charge in [0, 0.05) is 6.42 Å². The third kappa shape index (κ3) is 1.45. The summed E-state index contributed by atoms with van der Waals surface area (Å²) < 4.78 is 4.50. The normalized spacial score (nSPS) is 26.6. The molecule has 1 aliphatic heterocycles. The van der Waals surface area contributed by atoms with Crippen molar-refractivity contribution >= 4 is 23.0 Å². The summed E-state index contributed by atoms with van der Waals surface area (Å²) in [5, 5.41) is 0. The number of hydrogen-bond donors (Lipinski definition) is 1. The van der Waals surface area contributed by atoms with Gasteiger partial charge in [-0.1, -0.05) is 0 Å². The van der Waals surface area contributed by atoms with E-state index in [4.69, 9.17) is 5.73 Å². The molecule has 1 saturated heterocycles. The Morgan fingerprint density at radius 3 is 2.50 bits per heavy atom. The van der Waals surface area contributed by atoms with E-state index >= 15 is 0 Å². The summed E-state index contributed by atoms with van der Waals surface area (Å²) in [6.07, 6.45) is 0.679. The van der Waals surface area contributed by atoms with Crippen molar-refractivity contribution in [3.05, 3.63) is 0 Å². The van der Waals surface area contributed by atoms with Crippen LogP contribution in [0.2, 0.25) is 0 Å². The van der Waals surface area contributed by atoms with Crippen molar-refractivity contribution < 1.29 is 9.53 Å². The van der Waals surface area contributed by atoms with Crippen molar-refractivity contribution in [3.63, 3.8) is 0 Å². The van der Waals surface area contributed by atoms with Crippen LogP contribution in [0.15, 0.2) is 0 Å². The largest absolute Gasteiger partial charge is 0.464 e. The van der Waals surface area contributed by atoms with Gasteiger partial charge in [0.1, 0.15) is 6.04 Å². The summed E-state index contributed by atoms with van der Waals surface area (Å²) in [5.74, 6) is -0.264. The number of ether oxygens (including phenoxy) is 1. The van der Waals surface area contributed by atoms with Gasteiger partial charge in [-0.3, -0.25) is 4.79 Å². The Morgan fingerprint density at radius 1 is 1.75 bits per heavy atom. The molecule has 0 aromatic rings. The highest BCUT2D eigenvalue weighted by Gasteiger charge is 2.20. The molecule has 0 amide bonds. The van der Waals surface area contributed by atoms with Gasteiger partial charge in [-0.25, -0.2) is 0 Å². The van der Waals surface area contributed by atoms with E-state index in [1.54, 1.807) is 0 Å². The molecular formula is C4H8BrNO2. The number of halogens is 1. The molecular weight excluding hydrogens is 174 g/mol. The maximum absolute atomic E-state index is 10.2. The standard InChI is InChI=1S/C4H7NO2.BrH/c5-3-1-2-7-4(3)6;/h3H,1-2,5H2;1H/t3-;/m1./s1. The minimum atomic E-state index is -0.347. The van der Waals surface area contributed by atoms with E-state index < -0.39 is 0 Å². The quantitative estimate of drug-likeness (QED) is 0.529. The molecule has 1 fully saturated rings. The minimum absolute atomic E-state index is 0. The maximum atomic E-state index is 10.2. The lowest BCUT2D eigenvalue weighted by molar-refractivity contribution is -0.139. The highest BCUT2D eigenvalue weighted by atomic mass is 79.9. The fourth-order valence-electron chi connectivity index (χ4n) is 0.511. The molecule has 0 spiro atoms. The molecule has 1 aliphatic rings. The lowest BCUT2D eigenvalue weighted by Gasteiger charge is -1.89. The fourth-order valence-corrected chi connectivity index (χ4v) is 0.511. The predicted octanol–water partition coefficient (Wildman–Crippen LogP) is -0.161. The number of esters is 1. The number of carbonyl (C=O) groups is 1. The molecule has 4 heteroatoms. The van der Waals surface area contributed by atoms with Gasteiger partial charge in [0.15, 0.2) is 0 Å². The predicted molar refractivity (Wildman–Crippen MR) is 33.9 cm³/mol. The molecule has 0 aromatic heterocycles. The van der Waals surface area contributed by atoms with E-state index in [2.05, 4.69) is 4.74 Å². The molecule has 0 aliphatic carbocycles. The van der Waals surface area contributed by atoms with Gasteiger partial charge < -0.3 is 10.5 Å². The van der Waals surface area contributed by atoms with Gasteiger partial charge in [0.05, 0.1) is 6.61 Å². The van der Waals surface area contributed by atoms with Crippen LogP contribution < -0.4 is 5.73 Å². The van der Waals surface area contributed by atoms with Crippen LogP contribution in [-0.4, -0.2) is 18.6 Å². The first-order valence-corrected chi connectivity index (χ1v) is 2.23. The van der Waals surface area contributed by atoms with Gasteiger partial charge in [0.25, 0.3) is 0 Å². The van der Waals surface area contributed by atoms with Crippen molar-refractivity contribution in [2.24, 2.45) is 5.73 Å². The Balaban J connectivity index is 0.000000490. The molecule has 0 radical (unpaired) electrons. The second-order valence-electron chi connectivity index (χ2n) is 1.56. The number of carbonyl (C=O) groups excluding carboxylic acids is 1. The SMILES string of the molecule is Br.N[C@@H]1CCOC1=O. The Labute approximate surface area is 58.0 Å². The van der Waals surface area contributed by atoms with Crippen molar-refractivity contribution in [1.82, 2.24) is 0 Å². The zero-order valence-electron chi connectivity index (χ0n) is 4.29. The molecule has 48 valence electrons. The molecule has 1 rings (SSSR count). The molecule has 1 atom stereocenters. The highest BCUT2D eigenvalue weighted by molar-refractivity contribution is 8.93. The van der Waals surface area contributed by atoms with Crippen LogP contribution in [0.3, 0.4) is 0 Å². The number of cyclic esters (lactones) is 1. The van der Waals surface area contributed by atoms with E-state index in [0.29, 0.717) is 13.0 Å². The second kappa shape index (κ2) is 3.04. The minimum Gasteiger partial charge on any atom is -0.464 e. The van der Waals surface area contributed by atoms with Crippen LogP contribution in [0.25, 0.3) is 0 Å². The molecule has 3 nitrogen and oxygen atoms in total. The molecule has 0 saturated carbocycles. The van der Waals surface area contributed by atoms with Crippen LogP contribution >= 0.6 is 17.0 Å². The van der Waals surface area contributed by atoms with Crippen LogP contribution in [-0.2, 0) is 9.53 Å². The second-order valence-corrected chi connectivity index (χ2v) is 1.56. The summed E-state index contributed by atoms with van der Waals surface area (Å²) in [6, 6.07) is -0.347. The average Bonchev–Trinajstić information content (AvgIpc) is 1.91.